The van der Waals surface area contributed by atoms with E-state index in [4.69, 9.17) is 0 Å². The maximum Gasteiger partial charge on any atom is 0.255 e. The van der Waals surface area contributed by atoms with E-state index in [2.05, 4.69) is 37.6 Å². The van der Waals surface area contributed by atoms with Crippen LogP contribution in [0, 0.1) is 0 Å². The van der Waals surface area contributed by atoms with Gasteiger partial charge in [0.25, 0.3) is 5.91 Å². The first-order chi connectivity index (χ1) is 14.3. The largest absolute Gasteiger partial charge is 0.372 e. The molecule has 6 nitrogen and oxygen atoms in total. The molecule has 0 aliphatic carbocycles. The number of nitrogens with zero attached hydrogens (tertiary/aromatic N) is 3. The van der Waals surface area contributed by atoms with Crippen molar-refractivity contribution >= 4 is 23.1 Å². The summed E-state index contributed by atoms with van der Waals surface area (Å²) in [6.45, 7) is 2.77. The second kappa shape index (κ2) is 9.19. The van der Waals surface area contributed by atoms with Crippen molar-refractivity contribution < 1.29 is 4.79 Å². The number of piperidine rings is 1. The van der Waals surface area contributed by atoms with Crippen LogP contribution >= 0.6 is 0 Å². The summed E-state index contributed by atoms with van der Waals surface area (Å²) in [6.07, 6.45) is 7.20. The van der Waals surface area contributed by atoms with Crippen molar-refractivity contribution in [3.8, 4) is 0 Å². The van der Waals surface area contributed by atoms with Crippen LogP contribution < -0.4 is 15.5 Å². The number of hydrogen-bond donors (Lipinski definition) is 2. The van der Waals surface area contributed by atoms with Crippen LogP contribution in [0.3, 0.4) is 0 Å². The van der Waals surface area contributed by atoms with E-state index in [1.807, 2.05) is 30.3 Å². The average molecular weight is 387 g/mol. The Morgan fingerprint density at radius 1 is 0.931 bits per heavy atom. The van der Waals surface area contributed by atoms with Gasteiger partial charge in [-0.25, -0.2) is 4.98 Å². The van der Waals surface area contributed by atoms with Gasteiger partial charge in [0.2, 0.25) is 0 Å². The monoisotopic (exact) mass is 387 g/mol. The van der Waals surface area contributed by atoms with E-state index in [0.717, 1.165) is 24.5 Å². The predicted octanol–water partition coefficient (Wildman–Crippen LogP) is 4.33. The van der Waals surface area contributed by atoms with Crippen molar-refractivity contribution in [2.45, 2.75) is 25.8 Å². The fourth-order valence-corrected chi connectivity index (χ4v) is 3.46. The molecule has 1 aromatic carbocycles. The van der Waals surface area contributed by atoms with Crippen molar-refractivity contribution in [1.29, 1.82) is 0 Å². The normalized spacial score (nSPS) is 13.7. The van der Waals surface area contributed by atoms with Gasteiger partial charge in [0, 0.05) is 42.4 Å². The van der Waals surface area contributed by atoms with Gasteiger partial charge >= 0.3 is 0 Å². The Kier molecular flexibility index (Phi) is 6.00. The van der Waals surface area contributed by atoms with Crippen LogP contribution in [0.15, 0.2) is 67.0 Å². The van der Waals surface area contributed by atoms with Gasteiger partial charge in [0.05, 0.1) is 12.2 Å². The zero-order valence-electron chi connectivity index (χ0n) is 16.3. The molecule has 0 spiro atoms. The average Bonchev–Trinajstić information content (AvgIpc) is 2.80. The highest BCUT2D eigenvalue weighted by Gasteiger charge is 2.12. The Morgan fingerprint density at radius 3 is 2.52 bits per heavy atom. The number of aromatic nitrogens is 2. The lowest BCUT2D eigenvalue weighted by atomic mass is 10.1. The third kappa shape index (κ3) is 5.10. The lowest BCUT2D eigenvalue weighted by molar-refractivity contribution is 0.102. The molecule has 1 amide bonds. The number of hydrogen-bond acceptors (Lipinski definition) is 5. The molecule has 0 radical (unpaired) electrons. The van der Waals surface area contributed by atoms with E-state index in [1.54, 1.807) is 24.5 Å². The Labute approximate surface area is 171 Å². The summed E-state index contributed by atoms with van der Waals surface area (Å²) >= 11 is 0. The van der Waals surface area contributed by atoms with E-state index >= 15 is 0 Å². The lowest BCUT2D eigenvalue weighted by Gasteiger charge is -2.28. The number of rotatable bonds is 6. The summed E-state index contributed by atoms with van der Waals surface area (Å²) in [6, 6.07) is 17.3. The highest BCUT2D eigenvalue weighted by Crippen LogP contribution is 2.22. The summed E-state index contributed by atoms with van der Waals surface area (Å²) < 4.78 is 0. The quantitative estimate of drug-likeness (QED) is 0.659. The first-order valence-corrected chi connectivity index (χ1v) is 10.0. The molecular weight excluding hydrogens is 362 g/mol. The highest BCUT2D eigenvalue weighted by molar-refractivity contribution is 6.04. The van der Waals surface area contributed by atoms with Crippen LogP contribution in [-0.4, -0.2) is 29.0 Å². The molecule has 1 saturated heterocycles. The van der Waals surface area contributed by atoms with Gasteiger partial charge in [-0.2, -0.15) is 0 Å². The highest BCUT2D eigenvalue weighted by atomic mass is 16.1. The maximum atomic E-state index is 12.6. The second-order valence-corrected chi connectivity index (χ2v) is 7.15. The number of carbonyl (C=O) groups is 1. The molecule has 1 aliphatic heterocycles. The van der Waals surface area contributed by atoms with Crippen molar-refractivity contribution in [3.63, 3.8) is 0 Å². The van der Waals surface area contributed by atoms with Gasteiger partial charge < -0.3 is 15.5 Å². The van der Waals surface area contributed by atoms with Crippen LogP contribution in [0.4, 0.5) is 17.2 Å². The molecule has 0 saturated carbocycles. The molecule has 1 fully saturated rings. The fraction of sp³-hybridized carbons (Fsp3) is 0.261. The first kappa shape index (κ1) is 18.9. The molecule has 0 unspecified atom stereocenters. The van der Waals surface area contributed by atoms with Crippen LogP contribution in [0.2, 0.25) is 0 Å². The van der Waals surface area contributed by atoms with Crippen LogP contribution in [-0.2, 0) is 6.54 Å². The van der Waals surface area contributed by atoms with Crippen molar-refractivity contribution in [2.24, 2.45) is 0 Å². The molecule has 3 heterocycles. The second-order valence-electron chi connectivity index (χ2n) is 7.15. The number of pyridine rings is 2. The molecule has 0 atom stereocenters. The Hall–Kier alpha value is -3.41. The summed E-state index contributed by atoms with van der Waals surface area (Å²) in [7, 11) is 0. The van der Waals surface area contributed by atoms with Gasteiger partial charge in [-0.1, -0.05) is 6.07 Å². The van der Waals surface area contributed by atoms with E-state index in [-0.39, 0.29) is 5.91 Å². The molecule has 0 bridgehead atoms. The molecule has 4 rings (SSSR count). The Balaban J connectivity index is 1.36. The van der Waals surface area contributed by atoms with Crippen LogP contribution in [0.5, 0.6) is 0 Å². The molecule has 6 heteroatoms. The number of benzene rings is 1. The third-order valence-corrected chi connectivity index (χ3v) is 5.05. The van der Waals surface area contributed by atoms with Crippen LogP contribution in [0.1, 0.15) is 35.3 Å². The van der Waals surface area contributed by atoms with Gasteiger partial charge in [-0.3, -0.25) is 9.78 Å². The minimum Gasteiger partial charge on any atom is -0.372 e. The third-order valence-electron chi connectivity index (χ3n) is 5.05. The van der Waals surface area contributed by atoms with E-state index in [0.29, 0.717) is 17.9 Å². The summed E-state index contributed by atoms with van der Waals surface area (Å²) in [4.78, 5) is 23.6. The van der Waals surface area contributed by atoms with Gasteiger partial charge in [-0.05, 0) is 67.8 Å². The fourth-order valence-electron chi connectivity index (χ4n) is 3.46. The van der Waals surface area contributed by atoms with Crippen LogP contribution in [0.25, 0.3) is 0 Å². The smallest absolute Gasteiger partial charge is 0.255 e. The minimum atomic E-state index is -0.154. The van der Waals surface area contributed by atoms with Gasteiger partial charge in [0.1, 0.15) is 5.82 Å². The van der Waals surface area contributed by atoms with E-state index in [1.165, 1.54) is 24.9 Å². The molecule has 148 valence electrons. The minimum absolute atomic E-state index is 0.154. The molecule has 3 aromatic rings. The Bertz CT molecular complexity index is 937. The standard InChI is InChI=1S/C23H25N5O/c29-23(27-19-7-9-21(10-8-19)28-14-4-1-5-15-28)18-11-13-25-22(16-18)26-17-20-6-2-3-12-24-20/h2-3,6-13,16H,1,4-5,14-15,17H2,(H,25,26)(H,27,29). The first-order valence-electron chi connectivity index (χ1n) is 10.0. The summed E-state index contributed by atoms with van der Waals surface area (Å²) in [5.41, 5.74) is 3.48. The SMILES string of the molecule is O=C(Nc1ccc(N2CCCCC2)cc1)c1ccnc(NCc2ccccn2)c1. The van der Waals surface area contributed by atoms with Crippen molar-refractivity contribution in [2.75, 3.05) is 28.6 Å². The molecule has 29 heavy (non-hydrogen) atoms. The number of amides is 1. The summed E-state index contributed by atoms with van der Waals surface area (Å²) in [5, 5.41) is 6.17. The summed E-state index contributed by atoms with van der Waals surface area (Å²) in [5.74, 6) is 0.489. The maximum absolute atomic E-state index is 12.6. The number of anilines is 3. The van der Waals surface area contributed by atoms with Gasteiger partial charge in [0.15, 0.2) is 0 Å². The van der Waals surface area contributed by atoms with E-state index < -0.39 is 0 Å². The van der Waals surface area contributed by atoms with Crippen molar-refractivity contribution in [1.82, 2.24) is 9.97 Å². The van der Waals surface area contributed by atoms with Gasteiger partial charge in [-0.15, -0.1) is 0 Å². The molecule has 1 aliphatic rings. The lowest BCUT2D eigenvalue weighted by Crippen LogP contribution is -2.29. The zero-order valence-corrected chi connectivity index (χ0v) is 16.3. The van der Waals surface area contributed by atoms with Crippen molar-refractivity contribution in [3.05, 3.63) is 78.2 Å². The molecule has 2 N–H and O–H groups in total. The topological polar surface area (TPSA) is 70.2 Å². The predicted molar refractivity (Wildman–Crippen MR) is 116 cm³/mol. The molecule has 2 aromatic heterocycles. The molecular formula is C23H25N5O. The Morgan fingerprint density at radius 2 is 1.76 bits per heavy atom. The number of carbonyl (C=O) groups excluding carboxylic acids is 1. The zero-order chi connectivity index (χ0) is 19.9. The number of nitrogens with one attached hydrogen (secondary N) is 2. The van der Waals surface area contributed by atoms with E-state index in [9.17, 15) is 4.79 Å².